The minimum absolute atomic E-state index is 0.260. The molecule has 2 aromatic rings. The molecule has 1 amide bonds. The second-order valence-corrected chi connectivity index (χ2v) is 4.24. The van der Waals surface area contributed by atoms with Crippen molar-refractivity contribution in [2.24, 2.45) is 12.8 Å². The fraction of sp³-hybridized carbons (Fsp3) is 0.333. The van der Waals surface area contributed by atoms with Gasteiger partial charge in [-0.05, 0) is 13.0 Å². The van der Waals surface area contributed by atoms with Crippen molar-refractivity contribution < 1.29 is 4.79 Å². The molecule has 1 unspecified atom stereocenters. The Morgan fingerprint density at radius 2 is 2.37 bits per heavy atom. The number of nitrogens with one attached hydrogen (secondary N) is 1. The Labute approximate surface area is 110 Å². The summed E-state index contributed by atoms with van der Waals surface area (Å²) in [6, 6.07) is 1.03. The van der Waals surface area contributed by atoms with Crippen LogP contribution in [0.15, 0.2) is 24.7 Å². The molecular weight excluding hydrogens is 244 g/mol. The summed E-state index contributed by atoms with van der Waals surface area (Å²) in [5.41, 5.74) is 7.28. The van der Waals surface area contributed by atoms with E-state index in [1.54, 1.807) is 43.3 Å². The molecule has 7 nitrogen and oxygen atoms in total. The molecule has 0 aliphatic rings. The molecule has 0 aliphatic carbocycles. The first-order valence-corrected chi connectivity index (χ1v) is 5.86. The molecule has 0 bridgehead atoms. The van der Waals surface area contributed by atoms with Gasteiger partial charge in [0.05, 0.1) is 18.4 Å². The largest absolute Gasteiger partial charge is 0.349 e. The van der Waals surface area contributed by atoms with E-state index in [1.165, 1.54) is 0 Å². The van der Waals surface area contributed by atoms with E-state index in [9.17, 15) is 4.79 Å². The second kappa shape index (κ2) is 5.57. The minimum atomic E-state index is -0.725. The van der Waals surface area contributed by atoms with Crippen LogP contribution in [0.4, 0.5) is 0 Å². The smallest absolute Gasteiger partial charge is 0.241 e. The predicted octanol–water partition coefficient (Wildman–Crippen LogP) is -0.165. The average molecular weight is 260 g/mol. The van der Waals surface area contributed by atoms with Crippen molar-refractivity contribution >= 4 is 5.91 Å². The number of carbonyl (C=O) groups is 1. The van der Waals surface area contributed by atoms with E-state index in [1.807, 2.05) is 0 Å². The highest BCUT2D eigenvalue weighted by molar-refractivity contribution is 5.82. The zero-order valence-electron chi connectivity index (χ0n) is 10.9. The molecule has 2 rings (SSSR count). The number of hydrogen-bond acceptors (Lipinski definition) is 5. The highest BCUT2D eigenvalue weighted by Gasteiger charge is 2.16. The standard InChI is InChI=1S/C12H16N6O/c1-8-14-4-3-10(17-8)6-15-12(19)11(13)9-5-16-18(2)7-9/h3-5,7,11H,6,13H2,1-2H3,(H,15,19). The summed E-state index contributed by atoms with van der Waals surface area (Å²) in [5, 5.41) is 6.73. The molecule has 0 saturated heterocycles. The van der Waals surface area contributed by atoms with Gasteiger partial charge in [-0.15, -0.1) is 0 Å². The van der Waals surface area contributed by atoms with E-state index < -0.39 is 6.04 Å². The number of rotatable bonds is 4. The van der Waals surface area contributed by atoms with E-state index in [0.717, 1.165) is 5.69 Å². The lowest BCUT2D eigenvalue weighted by Crippen LogP contribution is -2.33. The average Bonchev–Trinajstić information content (AvgIpc) is 2.82. The molecule has 2 aromatic heterocycles. The Morgan fingerprint density at radius 3 is 3.00 bits per heavy atom. The molecule has 100 valence electrons. The highest BCUT2D eigenvalue weighted by atomic mass is 16.2. The van der Waals surface area contributed by atoms with Crippen LogP contribution in [0, 0.1) is 6.92 Å². The number of hydrogen-bond donors (Lipinski definition) is 2. The van der Waals surface area contributed by atoms with Crippen LogP contribution in [-0.2, 0) is 18.4 Å². The normalized spacial score (nSPS) is 12.2. The first kappa shape index (κ1) is 13.2. The Kier molecular flexibility index (Phi) is 3.86. The number of nitrogens with zero attached hydrogens (tertiary/aromatic N) is 4. The van der Waals surface area contributed by atoms with Crippen molar-refractivity contribution in [3.63, 3.8) is 0 Å². The molecular formula is C12H16N6O. The third-order valence-corrected chi connectivity index (χ3v) is 2.64. The maximum absolute atomic E-state index is 11.9. The van der Waals surface area contributed by atoms with Crippen molar-refractivity contribution in [3.8, 4) is 0 Å². The SMILES string of the molecule is Cc1nccc(CNC(=O)C(N)c2cnn(C)c2)n1. The molecule has 19 heavy (non-hydrogen) atoms. The topological polar surface area (TPSA) is 98.7 Å². The van der Waals surface area contributed by atoms with Gasteiger partial charge < -0.3 is 11.1 Å². The Bertz CT molecular complexity index is 579. The van der Waals surface area contributed by atoms with Crippen molar-refractivity contribution in [2.75, 3.05) is 0 Å². The van der Waals surface area contributed by atoms with Crippen LogP contribution in [0.2, 0.25) is 0 Å². The Morgan fingerprint density at radius 1 is 1.58 bits per heavy atom. The van der Waals surface area contributed by atoms with Gasteiger partial charge in [0.1, 0.15) is 11.9 Å². The molecule has 0 aliphatic heterocycles. The molecule has 7 heteroatoms. The second-order valence-electron chi connectivity index (χ2n) is 4.24. The number of amides is 1. The zero-order valence-corrected chi connectivity index (χ0v) is 10.9. The quantitative estimate of drug-likeness (QED) is 0.795. The van der Waals surface area contributed by atoms with Crippen molar-refractivity contribution in [3.05, 3.63) is 41.7 Å². The number of nitrogens with two attached hydrogens (primary N) is 1. The van der Waals surface area contributed by atoms with Gasteiger partial charge in [0.2, 0.25) is 5.91 Å². The van der Waals surface area contributed by atoms with Gasteiger partial charge in [-0.3, -0.25) is 9.48 Å². The van der Waals surface area contributed by atoms with Crippen LogP contribution in [0.25, 0.3) is 0 Å². The number of aryl methyl sites for hydroxylation is 2. The molecule has 0 spiro atoms. The zero-order chi connectivity index (χ0) is 13.8. The van der Waals surface area contributed by atoms with Crippen LogP contribution >= 0.6 is 0 Å². The summed E-state index contributed by atoms with van der Waals surface area (Å²) >= 11 is 0. The minimum Gasteiger partial charge on any atom is -0.349 e. The van der Waals surface area contributed by atoms with Gasteiger partial charge in [0.25, 0.3) is 0 Å². The van der Waals surface area contributed by atoms with Crippen LogP contribution < -0.4 is 11.1 Å². The van der Waals surface area contributed by atoms with Crippen LogP contribution in [0.1, 0.15) is 23.1 Å². The van der Waals surface area contributed by atoms with Gasteiger partial charge in [-0.2, -0.15) is 5.10 Å². The number of carbonyl (C=O) groups excluding carboxylic acids is 1. The summed E-state index contributed by atoms with van der Waals surface area (Å²) in [6.45, 7) is 2.13. The fourth-order valence-corrected chi connectivity index (χ4v) is 1.64. The molecule has 0 radical (unpaired) electrons. The van der Waals surface area contributed by atoms with E-state index in [2.05, 4.69) is 20.4 Å². The lowest BCUT2D eigenvalue weighted by molar-refractivity contribution is -0.122. The lowest BCUT2D eigenvalue weighted by atomic mass is 10.1. The molecule has 0 aromatic carbocycles. The van der Waals surface area contributed by atoms with E-state index in [-0.39, 0.29) is 5.91 Å². The fourth-order valence-electron chi connectivity index (χ4n) is 1.64. The molecule has 1 atom stereocenters. The molecule has 0 fully saturated rings. The maximum atomic E-state index is 11.9. The summed E-state index contributed by atoms with van der Waals surface area (Å²) in [6.07, 6.45) is 4.96. The van der Waals surface area contributed by atoms with Gasteiger partial charge in [0, 0.05) is 25.0 Å². The molecule has 0 saturated carbocycles. The molecule has 3 N–H and O–H groups in total. The number of aromatic nitrogens is 4. The Balaban J connectivity index is 1.94. The summed E-state index contributed by atoms with van der Waals surface area (Å²) < 4.78 is 1.61. The summed E-state index contributed by atoms with van der Waals surface area (Å²) in [7, 11) is 1.78. The van der Waals surface area contributed by atoms with Crippen molar-refractivity contribution in [1.29, 1.82) is 0 Å². The van der Waals surface area contributed by atoms with Gasteiger partial charge in [-0.25, -0.2) is 9.97 Å². The van der Waals surface area contributed by atoms with Crippen LogP contribution in [0.3, 0.4) is 0 Å². The Hall–Kier alpha value is -2.28. The molecule has 2 heterocycles. The van der Waals surface area contributed by atoms with Gasteiger partial charge >= 0.3 is 0 Å². The van der Waals surface area contributed by atoms with Gasteiger partial charge in [0.15, 0.2) is 0 Å². The van der Waals surface area contributed by atoms with Crippen LogP contribution in [0.5, 0.6) is 0 Å². The first-order chi connectivity index (χ1) is 9.06. The van der Waals surface area contributed by atoms with E-state index in [0.29, 0.717) is 17.9 Å². The van der Waals surface area contributed by atoms with Gasteiger partial charge in [-0.1, -0.05) is 0 Å². The summed E-state index contributed by atoms with van der Waals surface area (Å²) in [5.74, 6) is 0.410. The van der Waals surface area contributed by atoms with E-state index >= 15 is 0 Å². The predicted molar refractivity (Wildman–Crippen MR) is 68.8 cm³/mol. The third kappa shape index (κ3) is 3.35. The summed E-state index contributed by atoms with van der Waals surface area (Å²) in [4.78, 5) is 20.1. The highest BCUT2D eigenvalue weighted by Crippen LogP contribution is 2.08. The van der Waals surface area contributed by atoms with Crippen LogP contribution in [-0.4, -0.2) is 25.7 Å². The first-order valence-electron chi connectivity index (χ1n) is 5.86. The maximum Gasteiger partial charge on any atom is 0.241 e. The van der Waals surface area contributed by atoms with E-state index in [4.69, 9.17) is 5.73 Å². The lowest BCUT2D eigenvalue weighted by Gasteiger charge is -2.10. The van der Waals surface area contributed by atoms with Crippen molar-refractivity contribution in [2.45, 2.75) is 19.5 Å². The monoisotopic (exact) mass is 260 g/mol. The third-order valence-electron chi connectivity index (χ3n) is 2.64. The van der Waals surface area contributed by atoms with Crippen molar-refractivity contribution in [1.82, 2.24) is 25.1 Å².